The van der Waals surface area contributed by atoms with E-state index < -0.39 is 0 Å². The highest BCUT2D eigenvalue weighted by atomic mass is 16.5. The molecule has 4 rings (SSSR count). The van der Waals surface area contributed by atoms with Gasteiger partial charge in [-0.25, -0.2) is 0 Å². The smallest absolute Gasteiger partial charge is 0.233 e. The monoisotopic (exact) mass is 384 g/mol. The number of likely N-dealkylation sites (tertiary alicyclic amines) is 1. The maximum Gasteiger partial charge on any atom is 0.233 e. The number of hydrogen-bond acceptors (Lipinski definition) is 5. The summed E-state index contributed by atoms with van der Waals surface area (Å²) in [6.07, 6.45) is 5.73. The Balaban J connectivity index is 1.31. The van der Waals surface area contributed by atoms with Crippen molar-refractivity contribution in [2.45, 2.75) is 19.3 Å². The number of methoxy groups -OCH3 is 2. The summed E-state index contributed by atoms with van der Waals surface area (Å²) in [6, 6.07) is 5.14. The second-order valence-corrected chi connectivity index (χ2v) is 7.55. The molecular weight excluding hydrogens is 360 g/mol. The van der Waals surface area contributed by atoms with Gasteiger partial charge in [-0.1, -0.05) is 12.2 Å². The molecule has 1 aromatic rings. The predicted octanol–water partition coefficient (Wildman–Crippen LogP) is 2.23. The van der Waals surface area contributed by atoms with Gasteiger partial charge >= 0.3 is 0 Å². The summed E-state index contributed by atoms with van der Waals surface area (Å²) < 4.78 is 10.4. The molecule has 0 spiro atoms. The van der Waals surface area contributed by atoms with Crippen molar-refractivity contribution in [3.05, 3.63) is 30.4 Å². The lowest BCUT2D eigenvalue weighted by Gasteiger charge is -2.17. The lowest BCUT2D eigenvalue weighted by atomic mass is 9.85. The number of imide groups is 1. The van der Waals surface area contributed by atoms with Gasteiger partial charge in [-0.05, 0) is 36.8 Å². The maximum absolute atomic E-state index is 12.6. The molecule has 7 nitrogen and oxygen atoms in total. The van der Waals surface area contributed by atoms with E-state index in [9.17, 15) is 14.4 Å². The lowest BCUT2D eigenvalue weighted by molar-refractivity contribution is -0.141. The van der Waals surface area contributed by atoms with Crippen LogP contribution in [-0.2, 0) is 14.4 Å². The molecule has 1 saturated heterocycles. The van der Waals surface area contributed by atoms with Crippen LogP contribution in [0.4, 0.5) is 5.69 Å². The van der Waals surface area contributed by atoms with Crippen molar-refractivity contribution in [2.24, 2.45) is 23.7 Å². The number of amides is 3. The highest BCUT2D eigenvalue weighted by Crippen LogP contribution is 2.52. The number of carbonyl (C=O) groups is 3. The molecule has 7 heteroatoms. The van der Waals surface area contributed by atoms with E-state index >= 15 is 0 Å². The van der Waals surface area contributed by atoms with Gasteiger partial charge in [-0.15, -0.1) is 0 Å². The van der Waals surface area contributed by atoms with Crippen LogP contribution in [0.25, 0.3) is 0 Å². The number of fused-ring (bicyclic) bond motifs is 5. The zero-order valence-electron chi connectivity index (χ0n) is 16.0. The van der Waals surface area contributed by atoms with Crippen LogP contribution in [0, 0.1) is 23.7 Å². The third-order valence-corrected chi connectivity index (χ3v) is 6.03. The summed E-state index contributed by atoms with van der Waals surface area (Å²) in [7, 11) is 3.08. The Morgan fingerprint density at radius 1 is 1.11 bits per heavy atom. The number of ether oxygens (including phenoxy) is 2. The quantitative estimate of drug-likeness (QED) is 0.576. The molecule has 0 aromatic heterocycles. The standard InChI is InChI=1S/C21H24N2O5/c1-27-14-7-8-15(16(11-14)28-2)22-17(24)4-3-9-23-20(25)18-12-5-6-13(10-12)19(18)21(23)26/h5-8,11-13,18-19H,3-4,9-10H2,1-2H3,(H,22,24)/t12-,13-,18-,19-/m0/s1. The van der Waals surface area contributed by atoms with Crippen molar-refractivity contribution in [1.82, 2.24) is 4.90 Å². The van der Waals surface area contributed by atoms with E-state index in [1.807, 2.05) is 0 Å². The molecule has 0 unspecified atom stereocenters. The third-order valence-electron chi connectivity index (χ3n) is 6.03. The van der Waals surface area contributed by atoms with Gasteiger partial charge in [-0.3, -0.25) is 19.3 Å². The normalized spacial score (nSPS) is 27.3. The summed E-state index contributed by atoms with van der Waals surface area (Å²) in [5.74, 6) is 0.880. The molecule has 1 aromatic carbocycles. The first kappa shape index (κ1) is 18.5. The molecule has 1 saturated carbocycles. The van der Waals surface area contributed by atoms with Crippen molar-refractivity contribution in [3.8, 4) is 11.5 Å². The van der Waals surface area contributed by atoms with Crippen LogP contribution in [0.1, 0.15) is 19.3 Å². The van der Waals surface area contributed by atoms with E-state index in [4.69, 9.17) is 9.47 Å². The Kier molecular flexibility index (Phi) is 4.83. The highest BCUT2D eigenvalue weighted by molar-refractivity contribution is 6.06. The van der Waals surface area contributed by atoms with E-state index in [-0.39, 0.29) is 54.4 Å². The maximum atomic E-state index is 12.6. The van der Waals surface area contributed by atoms with E-state index in [1.54, 1.807) is 25.3 Å². The molecular formula is C21H24N2O5. The van der Waals surface area contributed by atoms with Gasteiger partial charge in [0.25, 0.3) is 0 Å². The van der Waals surface area contributed by atoms with Gasteiger partial charge in [0.2, 0.25) is 17.7 Å². The van der Waals surface area contributed by atoms with Gasteiger partial charge in [-0.2, -0.15) is 0 Å². The fourth-order valence-corrected chi connectivity index (χ4v) is 4.70. The van der Waals surface area contributed by atoms with Crippen LogP contribution < -0.4 is 14.8 Å². The molecule has 28 heavy (non-hydrogen) atoms. The van der Waals surface area contributed by atoms with E-state index in [0.717, 1.165) is 6.42 Å². The number of anilines is 1. The zero-order valence-corrected chi connectivity index (χ0v) is 16.0. The summed E-state index contributed by atoms with van der Waals surface area (Å²) in [4.78, 5) is 38.9. The van der Waals surface area contributed by atoms with Gasteiger partial charge in [0.05, 0.1) is 31.7 Å². The Labute approximate surface area is 163 Å². The van der Waals surface area contributed by atoms with Gasteiger partial charge < -0.3 is 14.8 Å². The number of nitrogens with one attached hydrogen (secondary N) is 1. The molecule has 2 bridgehead atoms. The molecule has 3 aliphatic rings. The summed E-state index contributed by atoms with van der Waals surface area (Å²) in [5, 5.41) is 2.81. The minimum atomic E-state index is -0.190. The van der Waals surface area contributed by atoms with Crippen LogP contribution in [0.15, 0.2) is 30.4 Å². The van der Waals surface area contributed by atoms with Crippen molar-refractivity contribution in [3.63, 3.8) is 0 Å². The first-order chi connectivity index (χ1) is 13.5. The zero-order chi connectivity index (χ0) is 19.8. The number of rotatable bonds is 7. The number of hydrogen-bond donors (Lipinski definition) is 1. The van der Waals surface area contributed by atoms with E-state index in [0.29, 0.717) is 23.6 Å². The largest absolute Gasteiger partial charge is 0.497 e. The predicted molar refractivity (Wildman–Crippen MR) is 102 cm³/mol. The molecule has 0 radical (unpaired) electrons. The third kappa shape index (κ3) is 3.04. The average Bonchev–Trinajstić information content (AvgIpc) is 3.38. The molecule has 2 aliphatic carbocycles. The topological polar surface area (TPSA) is 84.9 Å². The summed E-state index contributed by atoms with van der Waals surface area (Å²) in [6.45, 7) is 0.289. The number of carbonyl (C=O) groups excluding carboxylic acids is 3. The molecule has 1 heterocycles. The Morgan fingerprint density at radius 3 is 2.39 bits per heavy atom. The van der Waals surface area contributed by atoms with Crippen molar-refractivity contribution in [2.75, 3.05) is 26.1 Å². The minimum Gasteiger partial charge on any atom is -0.497 e. The fraction of sp³-hybridized carbons (Fsp3) is 0.476. The second-order valence-electron chi connectivity index (χ2n) is 7.55. The van der Waals surface area contributed by atoms with Crippen molar-refractivity contribution >= 4 is 23.4 Å². The van der Waals surface area contributed by atoms with Crippen LogP contribution in [0.5, 0.6) is 11.5 Å². The summed E-state index contributed by atoms with van der Waals surface area (Å²) in [5.41, 5.74) is 0.554. The summed E-state index contributed by atoms with van der Waals surface area (Å²) >= 11 is 0. The second kappa shape index (κ2) is 7.30. The van der Waals surface area contributed by atoms with Crippen LogP contribution in [0.3, 0.4) is 0 Å². The van der Waals surface area contributed by atoms with Gasteiger partial charge in [0.15, 0.2) is 0 Å². The fourth-order valence-electron chi connectivity index (χ4n) is 4.70. The molecule has 1 aliphatic heterocycles. The first-order valence-electron chi connectivity index (χ1n) is 9.59. The lowest BCUT2D eigenvalue weighted by Crippen LogP contribution is -2.34. The van der Waals surface area contributed by atoms with Gasteiger partial charge in [0.1, 0.15) is 11.5 Å². The molecule has 2 fully saturated rings. The number of nitrogens with zero attached hydrogens (tertiary/aromatic N) is 1. The first-order valence-corrected chi connectivity index (χ1v) is 9.59. The number of allylic oxidation sites excluding steroid dienone is 2. The van der Waals surface area contributed by atoms with Crippen LogP contribution in [-0.4, -0.2) is 43.4 Å². The van der Waals surface area contributed by atoms with Crippen molar-refractivity contribution in [1.29, 1.82) is 0 Å². The highest BCUT2D eigenvalue weighted by Gasteiger charge is 2.58. The van der Waals surface area contributed by atoms with E-state index in [2.05, 4.69) is 17.5 Å². The molecule has 1 N–H and O–H groups in total. The minimum absolute atomic E-state index is 0.0657. The number of benzene rings is 1. The average molecular weight is 384 g/mol. The Hall–Kier alpha value is -2.83. The SMILES string of the molecule is COc1ccc(NC(=O)CCCN2C(=O)[C@@H]3[C@@H](C2=O)[C@H]2C=C[C@H]3C2)c(OC)c1. The Morgan fingerprint density at radius 2 is 1.79 bits per heavy atom. The van der Waals surface area contributed by atoms with Crippen LogP contribution >= 0.6 is 0 Å². The van der Waals surface area contributed by atoms with Crippen LogP contribution in [0.2, 0.25) is 0 Å². The molecule has 4 atom stereocenters. The van der Waals surface area contributed by atoms with E-state index in [1.165, 1.54) is 12.0 Å². The van der Waals surface area contributed by atoms with Crippen molar-refractivity contribution < 1.29 is 23.9 Å². The Bertz CT molecular complexity index is 819. The van der Waals surface area contributed by atoms with Gasteiger partial charge in [0, 0.05) is 19.0 Å². The molecule has 148 valence electrons. The molecule has 3 amide bonds.